The first-order valence-electron chi connectivity index (χ1n) is 4.99. The first kappa shape index (κ1) is 35.2. The first-order chi connectivity index (χ1) is 7.00. The molecule has 0 aromatic heterocycles. The smallest absolute Gasteiger partial charge is 0.140 e. The Morgan fingerprint density at radius 3 is 1.85 bits per heavy atom. The zero-order valence-corrected chi connectivity index (χ0v) is 26.4. The second kappa shape index (κ2) is 19.4. The third kappa shape index (κ3) is 14.4. The third-order valence-electron chi connectivity index (χ3n) is 2.43. The number of Topliss-reactive ketones (excluding diaryl/α,β-unsaturated/α-hetero) is 2. The molecule has 0 saturated carbocycles. The molecule has 0 saturated heterocycles. The Hall–Kier alpha value is 4.08. The molecule has 95 valence electrons. The van der Waals surface area contributed by atoms with Gasteiger partial charge in [0, 0.05) is 164 Å². The minimum Gasteiger partial charge on any atom is -0.299 e. The molecular weight excluding hydrogens is 633 g/mol. The molecule has 0 bridgehead atoms. The van der Waals surface area contributed by atoms with E-state index >= 15 is 0 Å². The van der Waals surface area contributed by atoms with E-state index in [1.807, 2.05) is 25.1 Å². The largest absolute Gasteiger partial charge is 0.299 e. The van der Waals surface area contributed by atoms with Gasteiger partial charge in [0.15, 0.2) is 0 Å². The predicted molar refractivity (Wildman–Crippen MR) is 58.6 cm³/mol. The monoisotopic (exact) mass is 648 g/mol. The number of hydrogen-bond acceptors (Lipinski definition) is 2. The van der Waals surface area contributed by atoms with E-state index < -0.39 is 5.92 Å². The number of rotatable bonds is 4. The summed E-state index contributed by atoms with van der Waals surface area (Å²) in [6, 6.07) is 8.71. The van der Waals surface area contributed by atoms with Gasteiger partial charge in [0.25, 0.3) is 0 Å². The normalized spacial score (nSPS) is 7.80. The van der Waals surface area contributed by atoms with Crippen LogP contribution in [0.4, 0.5) is 0 Å². The van der Waals surface area contributed by atoms with Gasteiger partial charge in [0.1, 0.15) is 11.6 Å². The zero-order valence-electron chi connectivity index (χ0n) is 12.2. The van der Waals surface area contributed by atoms with Crippen molar-refractivity contribution in [1.29, 1.82) is 0 Å². The molecule has 0 unspecified atom stereocenters. The van der Waals surface area contributed by atoms with Crippen LogP contribution < -0.4 is 0 Å². The van der Waals surface area contributed by atoms with Gasteiger partial charge in [0.2, 0.25) is 0 Å². The van der Waals surface area contributed by atoms with Crippen LogP contribution in [0.2, 0.25) is 0 Å². The summed E-state index contributed by atoms with van der Waals surface area (Å²) in [5, 5.41) is 0. The van der Waals surface area contributed by atoms with Crippen LogP contribution in [0.25, 0.3) is 0 Å². The molecule has 5 radical (unpaired) electrons. The van der Waals surface area contributed by atoms with Crippen LogP contribution in [0.1, 0.15) is 25.0 Å². The topological polar surface area (TPSA) is 34.1 Å². The summed E-state index contributed by atoms with van der Waals surface area (Å²) in [7, 11) is 0. The predicted octanol–water partition coefficient (Wildman–Crippen LogP) is 2.12. The van der Waals surface area contributed by atoms with Crippen molar-refractivity contribution in [2.24, 2.45) is 5.92 Å². The van der Waals surface area contributed by atoms with E-state index in [0.29, 0.717) is 6.42 Å². The first-order valence-corrected chi connectivity index (χ1v) is 4.99. The van der Waals surface area contributed by atoms with Crippen LogP contribution in [-0.4, -0.2) is 11.6 Å². The number of ketones is 2. The fourth-order valence-corrected chi connectivity index (χ4v) is 1.58. The van der Waals surface area contributed by atoms with Crippen molar-refractivity contribution in [3.05, 3.63) is 35.4 Å². The fraction of sp³-hybridized carbons (Fsp3) is 0.385. The quantitative estimate of drug-likeness (QED) is 0.371. The summed E-state index contributed by atoms with van der Waals surface area (Å²) < 4.78 is 0. The summed E-state index contributed by atoms with van der Waals surface area (Å²) in [5.74, 6) is -0.618. The zero-order chi connectivity index (χ0) is 11.4. The van der Waals surface area contributed by atoms with Crippen LogP contribution in [0, 0.1) is 18.9 Å². The third-order valence-corrected chi connectivity index (χ3v) is 2.43. The molecule has 0 aliphatic rings. The van der Waals surface area contributed by atoms with Crippen LogP contribution in [0.15, 0.2) is 18.2 Å². The minimum absolute atomic E-state index is 0. The van der Waals surface area contributed by atoms with Crippen molar-refractivity contribution in [2.75, 3.05) is 0 Å². The number of carbonyl (C=O) groups excluding carboxylic acids is 2. The maximum absolute atomic E-state index is 11.2. The second-order valence-electron chi connectivity index (χ2n) is 3.86. The summed E-state index contributed by atoms with van der Waals surface area (Å²) in [4.78, 5) is 22.5. The van der Waals surface area contributed by atoms with E-state index in [1.54, 1.807) is 0 Å². The average Bonchev–Trinajstić information content (AvgIpc) is 2.13. The second-order valence-corrected chi connectivity index (χ2v) is 3.86. The molecule has 1 aromatic carbocycles. The molecule has 0 atom stereocenters. The van der Waals surface area contributed by atoms with Crippen molar-refractivity contribution < 1.29 is 173 Å². The van der Waals surface area contributed by atoms with Crippen LogP contribution >= 0.6 is 0 Å². The van der Waals surface area contributed by atoms with Crippen LogP contribution in [0.5, 0.6) is 0 Å². The van der Waals surface area contributed by atoms with E-state index in [-0.39, 0.29) is 175 Å². The molecule has 0 aliphatic carbocycles. The van der Waals surface area contributed by atoms with Gasteiger partial charge in [-0.15, -0.1) is 0 Å². The number of aryl methyl sites for hydroxylation is 1. The van der Waals surface area contributed by atoms with Crippen molar-refractivity contribution >= 4 is 11.6 Å². The Labute approximate surface area is 247 Å². The number of carbonyl (C=O) groups is 2. The van der Waals surface area contributed by atoms with Gasteiger partial charge in [-0.2, -0.15) is 35.4 Å². The number of benzene rings is 1. The van der Waals surface area contributed by atoms with Gasteiger partial charge in [-0.1, -0.05) is 6.92 Å². The SMILES string of the molecule is CC(=O)C(Cc1cc[c-]c(C)c1)C(C)=O.[Y].[Y].[Y].[Y].[Y]. The molecule has 20 heavy (non-hydrogen) atoms. The number of hydrogen-bond donors (Lipinski definition) is 0. The molecule has 1 rings (SSSR count). The summed E-state index contributed by atoms with van der Waals surface area (Å²) in [5.41, 5.74) is 2.04. The van der Waals surface area contributed by atoms with Gasteiger partial charge in [-0.25, -0.2) is 0 Å². The van der Waals surface area contributed by atoms with Gasteiger partial charge in [-0.3, -0.25) is 9.59 Å². The van der Waals surface area contributed by atoms with Crippen molar-refractivity contribution in [3.8, 4) is 0 Å². The van der Waals surface area contributed by atoms with E-state index in [9.17, 15) is 9.59 Å². The van der Waals surface area contributed by atoms with Gasteiger partial charge in [-0.05, 0) is 20.3 Å². The van der Waals surface area contributed by atoms with Crippen LogP contribution in [-0.2, 0) is 180 Å². The Morgan fingerprint density at radius 2 is 1.50 bits per heavy atom. The van der Waals surface area contributed by atoms with Gasteiger partial charge >= 0.3 is 0 Å². The van der Waals surface area contributed by atoms with E-state index in [1.165, 1.54) is 13.8 Å². The Balaban J connectivity index is -0.000000150. The maximum atomic E-state index is 11.2. The summed E-state index contributed by atoms with van der Waals surface area (Å²) in [6.07, 6.45) is 0.500. The average molecular weight is 648 g/mol. The van der Waals surface area contributed by atoms with E-state index in [0.717, 1.165) is 11.1 Å². The molecule has 0 amide bonds. The van der Waals surface area contributed by atoms with E-state index in [4.69, 9.17) is 0 Å². The molecule has 0 spiro atoms. The molecule has 0 aliphatic heterocycles. The molecule has 0 N–H and O–H groups in total. The van der Waals surface area contributed by atoms with Gasteiger partial charge in [0.05, 0.1) is 5.92 Å². The molecule has 0 fully saturated rings. The molecule has 7 heteroatoms. The molecule has 0 heterocycles. The Morgan fingerprint density at radius 1 is 1.05 bits per heavy atom. The molecule has 1 aromatic rings. The van der Waals surface area contributed by atoms with Gasteiger partial charge < -0.3 is 0 Å². The van der Waals surface area contributed by atoms with E-state index in [2.05, 4.69) is 6.07 Å². The minimum atomic E-state index is -0.494. The van der Waals surface area contributed by atoms with Crippen LogP contribution in [0.3, 0.4) is 0 Å². The van der Waals surface area contributed by atoms with Crippen molar-refractivity contribution in [1.82, 2.24) is 0 Å². The maximum Gasteiger partial charge on any atom is 0.140 e. The van der Waals surface area contributed by atoms with Crippen molar-refractivity contribution in [2.45, 2.75) is 27.2 Å². The Kier molecular flexibility index (Phi) is 34.2. The summed E-state index contributed by atoms with van der Waals surface area (Å²) >= 11 is 0. The Bertz CT molecular complexity index is 382. The molecule has 2 nitrogen and oxygen atoms in total. The fourth-order valence-electron chi connectivity index (χ4n) is 1.58. The standard InChI is InChI=1S/C13H15O2.5Y/c1-9-5-4-6-12(7-9)8-13(10(2)14)11(3)15;;;;;/h4,6-7,13H,8H2,1-3H3;;;;;/q-1;;;;;. The van der Waals surface area contributed by atoms with Crippen molar-refractivity contribution in [3.63, 3.8) is 0 Å². The summed E-state index contributed by atoms with van der Waals surface area (Å²) in [6.45, 7) is 4.88. The molecular formula is C13H15O2Y5-.